The van der Waals surface area contributed by atoms with E-state index in [4.69, 9.17) is 23.1 Å². The highest BCUT2D eigenvalue weighted by atomic mass is 35.5. The number of benzene rings is 1. The summed E-state index contributed by atoms with van der Waals surface area (Å²) in [5.41, 5.74) is 11.5. The maximum atomic E-state index is 13.7. The van der Waals surface area contributed by atoms with Crippen molar-refractivity contribution >= 4 is 58.9 Å². The summed E-state index contributed by atoms with van der Waals surface area (Å²) in [7, 11) is 0. The van der Waals surface area contributed by atoms with Gasteiger partial charge in [-0.3, -0.25) is 38.4 Å². The van der Waals surface area contributed by atoms with Gasteiger partial charge in [0, 0.05) is 11.4 Å². The molecule has 54 heavy (non-hydrogen) atoms. The Labute approximate surface area is 319 Å². The highest BCUT2D eigenvalue weighted by molar-refractivity contribution is 6.30. The standard InChI is InChI=1S/C35H55ClN8O10/c1-6-7-8-23(30(38)49)41-32(51)24(13-18(2)3)40-27(46)16-39-35(54)29(19(4)5)44-34(53)25(14-20-9-11-21(36)12-10-20)43-33(52)26(15-28(47)48)42-31(50)22(37)17-45/h9-12,18-19,22-26,29,45H,6-8,13-17,37H2,1-5H3,(H2,38,49)(H,39,54)(H,40,46)(H,41,51)(H,42,50)(H,43,52)(H,44,53)(H,47,48)/t22-,23-,24-,25-,26-,29-/m0/s1. The van der Waals surface area contributed by atoms with E-state index < -0.39 is 109 Å². The molecule has 0 aliphatic heterocycles. The summed E-state index contributed by atoms with van der Waals surface area (Å²) >= 11 is 5.99. The number of hydrogen-bond donors (Lipinski definition) is 10. The molecule has 18 nitrogen and oxygen atoms in total. The number of carboxylic acids is 1. The van der Waals surface area contributed by atoms with Crippen molar-refractivity contribution < 1.29 is 48.6 Å². The largest absolute Gasteiger partial charge is 0.481 e. The summed E-state index contributed by atoms with van der Waals surface area (Å²) < 4.78 is 0. The van der Waals surface area contributed by atoms with Gasteiger partial charge in [-0.1, -0.05) is 71.2 Å². The number of aliphatic hydroxyl groups excluding tert-OH is 1. The van der Waals surface area contributed by atoms with Gasteiger partial charge in [-0.05, 0) is 42.4 Å². The van der Waals surface area contributed by atoms with Crippen LogP contribution in [0, 0.1) is 11.8 Å². The Kier molecular flexibility index (Phi) is 20.8. The number of nitrogens with two attached hydrogens (primary N) is 2. The Morgan fingerprint density at radius 2 is 1.31 bits per heavy atom. The molecular formula is C35H55ClN8O10. The lowest BCUT2D eigenvalue weighted by Crippen LogP contribution is -2.60. The van der Waals surface area contributed by atoms with Crippen LogP contribution in [0.1, 0.15) is 72.3 Å². The van der Waals surface area contributed by atoms with Gasteiger partial charge in [-0.2, -0.15) is 0 Å². The smallest absolute Gasteiger partial charge is 0.305 e. The molecule has 0 aliphatic rings. The number of primary amides is 1. The number of nitrogens with one attached hydrogen (secondary N) is 6. The lowest BCUT2D eigenvalue weighted by molar-refractivity contribution is -0.141. The van der Waals surface area contributed by atoms with Gasteiger partial charge in [0.05, 0.1) is 19.6 Å². The number of halogens is 1. The van der Waals surface area contributed by atoms with E-state index >= 15 is 0 Å². The summed E-state index contributed by atoms with van der Waals surface area (Å²) in [6, 6.07) is -1.47. The topological polar surface area (TPSA) is 301 Å². The number of carbonyl (C=O) groups excluding carboxylic acids is 7. The van der Waals surface area contributed by atoms with Gasteiger partial charge in [0.1, 0.15) is 36.3 Å². The number of carbonyl (C=O) groups is 8. The summed E-state index contributed by atoms with van der Waals surface area (Å²) in [5.74, 6) is -7.74. The molecule has 0 heterocycles. The van der Waals surface area contributed by atoms with Crippen LogP contribution in [-0.4, -0.2) is 107 Å². The number of carboxylic acid groups (broad SMARTS) is 1. The first kappa shape index (κ1) is 47.2. The summed E-state index contributed by atoms with van der Waals surface area (Å²) in [4.78, 5) is 102. The van der Waals surface area contributed by atoms with Crippen LogP contribution in [0.2, 0.25) is 5.02 Å². The zero-order chi connectivity index (χ0) is 41.1. The molecular weight excluding hydrogens is 728 g/mol. The maximum Gasteiger partial charge on any atom is 0.305 e. The first-order valence-electron chi connectivity index (χ1n) is 17.7. The fourth-order valence-electron chi connectivity index (χ4n) is 5.06. The minimum Gasteiger partial charge on any atom is -0.481 e. The highest BCUT2D eigenvalue weighted by Crippen LogP contribution is 2.13. The van der Waals surface area contributed by atoms with Gasteiger partial charge >= 0.3 is 5.97 Å². The molecule has 19 heteroatoms. The molecule has 0 aromatic heterocycles. The molecule has 1 aromatic carbocycles. The average molecular weight is 783 g/mol. The Morgan fingerprint density at radius 3 is 1.83 bits per heavy atom. The Balaban J connectivity index is 3.16. The van der Waals surface area contributed by atoms with Gasteiger partial charge in [-0.25, -0.2) is 0 Å². The third-order valence-electron chi connectivity index (χ3n) is 8.07. The summed E-state index contributed by atoms with van der Waals surface area (Å²) in [5, 5.41) is 33.7. The van der Waals surface area contributed by atoms with E-state index in [1.807, 2.05) is 20.8 Å². The van der Waals surface area contributed by atoms with Crippen LogP contribution in [0.15, 0.2) is 24.3 Å². The Hall–Kier alpha value is -4.81. The van der Waals surface area contributed by atoms with Gasteiger partial charge in [-0.15, -0.1) is 0 Å². The van der Waals surface area contributed by atoms with Crippen molar-refractivity contribution in [2.45, 2.75) is 109 Å². The SMILES string of the molecule is CCCC[C@H](NC(=O)[C@H](CC(C)C)NC(=O)CNC(=O)[C@@H](NC(=O)[C@H](Cc1ccc(Cl)cc1)NC(=O)[C@H](CC(=O)O)NC(=O)[C@@H](N)CO)C(C)C)C(N)=O. The molecule has 0 bridgehead atoms. The fourth-order valence-corrected chi connectivity index (χ4v) is 5.19. The van der Waals surface area contributed by atoms with Gasteiger partial charge in [0.15, 0.2) is 0 Å². The van der Waals surface area contributed by atoms with Crippen molar-refractivity contribution in [1.29, 1.82) is 0 Å². The summed E-state index contributed by atoms with van der Waals surface area (Å²) in [6.45, 7) is 7.49. The van der Waals surface area contributed by atoms with Crippen LogP contribution in [0.4, 0.5) is 0 Å². The minimum absolute atomic E-state index is 0.0334. The second-order valence-corrected chi connectivity index (χ2v) is 14.1. The molecule has 0 fully saturated rings. The van der Waals surface area contributed by atoms with Crippen molar-refractivity contribution in [3.8, 4) is 0 Å². The van der Waals surface area contributed by atoms with E-state index in [1.165, 1.54) is 0 Å². The Morgan fingerprint density at radius 1 is 0.759 bits per heavy atom. The number of aliphatic hydroxyl groups is 1. The molecule has 0 unspecified atom stereocenters. The van der Waals surface area contributed by atoms with Crippen molar-refractivity contribution in [2.75, 3.05) is 13.2 Å². The van der Waals surface area contributed by atoms with Crippen LogP contribution < -0.4 is 43.4 Å². The molecule has 0 spiro atoms. The van der Waals surface area contributed by atoms with Crippen LogP contribution in [-0.2, 0) is 44.8 Å². The van der Waals surface area contributed by atoms with E-state index in [0.717, 1.165) is 6.42 Å². The number of unbranched alkanes of at least 4 members (excludes halogenated alkanes) is 1. The lowest BCUT2D eigenvalue weighted by Gasteiger charge is -2.27. The van der Waals surface area contributed by atoms with E-state index in [-0.39, 0.29) is 18.8 Å². The number of amides is 7. The highest BCUT2D eigenvalue weighted by Gasteiger charge is 2.33. The van der Waals surface area contributed by atoms with E-state index in [2.05, 4.69) is 31.9 Å². The first-order chi connectivity index (χ1) is 25.3. The molecule has 1 rings (SSSR count). The molecule has 1 aromatic rings. The summed E-state index contributed by atoms with van der Waals surface area (Å²) in [6.07, 6.45) is 0.946. The fraction of sp³-hybridized carbons (Fsp3) is 0.600. The number of rotatable bonds is 24. The predicted molar refractivity (Wildman–Crippen MR) is 198 cm³/mol. The normalized spacial score (nSPS) is 14.4. The quantitative estimate of drug-likeness (QED) is 0.0581. The average Bonchev–Trinajstić information content (AvgIpc) is 3.09. The first-order valence-corrected chi connectivity index (χ1v) is 18.1. The monoisotopic (exact) mass is 782 g/mol. The van der Waals surface area contributed by atoms with Gasteiger partial charge in [0.2, 0.25) is 41.4 Å². The molecule has 0 saturated carbocycles. The lowest BCUT2D eigenvalue weighted by atomic mass is 10.0. The minimum atomic E-state index is -1.68. The van der Waals surface area contributed by atoms with Gasteiger partial charge < -0.3 is 53.6 Å². The van der Waals surface area contributed by atoms with Crippen LogP contribution >= 0.6 is 11.6 Å². The molecule has 12 N–H and O–H groups in total. The third-order valence-corrected chi connectivity index (χ3v) is 8.32. The molecule has 7 amide bonds. The molecule has 302 valence electrons. The molecule has 0 saturated heterocycles. The van der Waals surface area contributed by atoms with Crippen molar-refractivity contribution in [3.63, 3.8) is 0 Å². The maximum absolute atomic E-state index is 13.7. The zero-order valence-corrected chi connectivity index (χ0v) is 32.0. The second kappa shape index (κ2) is 23.8. The zero-order valence-electron chi connectivity index (χ0n) is 31.3. The molecule has 0 radical (unpaired) electrons. The van der Waals surface area contributed by atoms with Crippen LogP contribution in [0.25, 0.3) is 0 Å². The van der Waals surface area contributed by atoms with E-state index in [9.17, 15) is 48.6 Å². The van der Waals surface area contributed by atoms with Crippen molar-refractivity contribution in [2.24, 2.45) is 23.3 Å². The number of hydrogen-bond acceptors (Lipinski definition) is 10. The third kappa shape index (κ3) is 17.3. The van der Waals surface area contributed by atoms with Crippen molar-refractivity contribution in [1.82, 2.24) is 31.9 Å². The van der Waals surface area contributed by atoms with E-state index in [0.29, 0.717) is 23.4 Å². The number of aliphatic carboxylic acids is 1. The van der Waals surface area contributed by atoms with Crippen molar-refractivity contribution in [3.05, 3.63) is 34.9 Å². The molecule has 6 atom stereocenters. The Bertz CT molecular complexity index is 1460. The van der Waals surface area contributed by atoms with E-state index in [1.54, 1.807) is 38.1 Å². The predicted octanol–water partition coefficient (Wildman–Crippen LogP) is -1.41. The second-order valence-electron chi connectivity index (χ2n) is 13.6. The van der Waals surface area contributed by atoms with Crippen LogP contribution in [0.5, 0.6) is 0 Å². The molecule has 0 aliphatic carbocycles. The van der Waals surface area contributed by atoms with Gasteiger partial charge in [0.25, 0.3) is 0 Å². The van der Waals surface area contributed by atoms with Crippen LogP contribution in [0.3, 0.4) is 0 Å².